The van der Waals surface area contributed by atoms with Crippen molar-refractivity contribution in [2.24, 2.45) is 13.0 Å². The monoisotopic (exact) mass is 286 g/mol. The smallest absolute Gasteiger partial charge is 0.259 e. The van der Waals surface area contributed by atoms with Gasteiger partial charge >= 0.3 is 0 Å². The average molecular weight is 286 g/mol. The Morgan fingerprint density at radius 1 is 1.29 bits per heavy atom. The van der Waals surface area contributed by atoms with Crippen LogP contribution in [0.25, 0.3) is 10.9 Å². The number of rotatable bonds is 2. The van der Waals surface area contributed by atoms with Gasteiger partial charge in [-0.3, -0.25) is 9.59 Å². The maximum Gasteiger partial charge on any atom is 0.259 e. The largest absolute Gasteiger partial charge is 0.366 e. The van der Waals surface area contributed by atoms with Gasteiger partial charge in [-0.1, -0.05) is 26.0 Å². The van der Waals surface area contributed by atoms with Gasteiger partial charge in [0.25, 0.3) is 5.91 Å². The third-order valence-corrected chi connectivity index (χ3v) is 3.95. The molecule has 1 aliphatic heterocycles. The van der Waals surface area contributed by atoms with E-state index in [4.69, 9.17) is 0 Å². The van der Waals surface area contributed by atoms with E-state index in [0.717, 1.165) is 0 Å². The predicted octanol–water partition coefficient (Wildman–Crippen LogP) is 1.47. The van der Waals surface area contributed by atoms with E-state index in [0.29, 0.717) is 23.0 Å². The van der Waals surface area contributed by atoms with Crippen molar-refractivity contribution in [3.05, 3.63) is 45.7 Å². The Labute approximate surface area is 122 Å². The number of aliphatic hydroxyl groups is 1. The van der Waals surface area contributed by atoms with Gasteiger partial charge in [-0.15, -0.1) is 0 Å². The number of nitrogens with one attached hydrogen (secondary N) is 1. The van der Waals surface area contributed by atoms with Crippen molar-refractivity contribution in [1.29, 1.82) is 0 Å². The zero-order chi connectivity index (χ0) is 15.4. The summed E-state index contributed by atoms with van der Waals surface area (Å²) in [6, 6.07) is 7.11. The summed E-state index contributed by atoms with van der Waals surface area (Å²) in [5, 5.41) is 13.9. The molecule has 0 saturated heterocycles. The first-order chi connectivity index (χ1) is 9.85. The first-order valence-corrected chi connectivity index (χ1v) is 7.02. The third kappa shape index (κ3) is 1.88. The zero-order valence-electron chi connectivity index (χ0n) is 12.3. The van der Waals surface area contributed by atoms with Crippen molar-refractivity contribution in [1.82, 2.24) is 9.88 Å². The Morgan fingerprint density at radius 2 is 1.95 bits per heavy atom. The maximum absolute atomic E-state index is 12.6. The second-order valence-electron chi connectivity index (χ2n) is 6.04. The van der Waals surface area contributed by atoms with Crippen LogP contribution >= 0.6 is 0 Å². The minimum atomic E-state index is -1.49. The Morgan fingerprint density at radius 3 is 2.62 bits per heavy atom. The highest BCUT2D eigenvalue weighted by atomic mass is 16.3. The van der Waals surface area contributed by atoms with Gasteiger partial charge in [0.15, 0.2) is 5.72 Å². The second kappa shape index (κ2) is 4.43. The summed E-state index contributed by atoms with van der Waals surface area (Å²) in [5.41, 5.74) is -0.682. The molecule has 0 radical (unpaired) electrons. The molecule has 5 heteroatoms. The topological polar surface area (TPSA) is 71.3 Å². The van der Waals surface area contributed by atoms with Crippen LogP contribution in [0.5, 0.6) is 0 Å². The van der Waals surface area contributed by atoms with Crippen molar-refractivity contribution in [2.45, 2.75) is 26.0 Å². The molecule has 1 amide bonds. The van der Waals surface area contributed by atoms with E-state index in [2.05, 4.69) is 5.32 Å². The first-order valence-electron chi connectivity index (χ1n) is 7.02. The van der Waals surface area contributed by atoms with Gasteiger partial charge in [0.2, 0.25) is 5.43 Å². The molecule has 1 unspecified atom stereocenters. The molecule has 0 fully saturated rings. The third-order valence-electron chi connectivity index (χ3n) is 3.95. The average Bonchev–Trinajstić information content (AvgIpc) is 2.66. The summed E-state index contributed by atoms with van der Waals surface area (Å²) in [4.78, 5) is 24.8. The molecule has 110 valence electrons. The van der Waals surface area contributed by atoms with Crippen molar-refractivity contribution in [3.63, 3.8) is 0 Å². The number of amides is 1. The number of fused-ring (bicyclic) bond motifs is 2. The number of pyridine rings is 1. The molecule has 21 heavy (non-hydrogen) atoms. The summed E-state index contributed by atoms with van der Waals surface area (Å²) < 4.78 is 1.74. The Kier molecular flexibility index (Phi) is 2.92. The Hall–Kier alpha value is -2.14. The molecule has 0 aliphatic carbocycles. The fourth-order valence-electron chi connectivity index (χ4n) is 3.23. The molecule has 1 aliphatic rings. The number of nitrogens with zero attached hydrogens (tertiary/aromatic N) is 1. The van der Waals surface area contributed by atoms with E-state index < -0.39 is 11.6 Å². The molecular weight excluding hydrogens is 268 g/mol. The van der Waals surface area contributed by atoms with Gasteiger partial charge in [-0.05, 0) is 18.1 Å². The van der Waals surface area contributed by atoms with E-state index in [-0.39, 0.29) is 16.9 Å². The summed E-state index contributed by atoms with van der Waals surface area (Å²) >= 11 is 0. The molecule has 1 atom stereocenters. The number of carbonyl (C=O) groups is 1. The summed E-state index contributed by atoms with van der Waals surface area (Å²) in [7, 11) is 1.77. The minimum Gasteiger partial charge on any atom is -0.366 e. The lowest BCUT2D eigenvalue weighted by molar-refractivity contribution is -0.0104. The highest BCUT2D eigenvalue weighted by Crippen LogP contribution is 2.34. The number of hydrogen-bond acceptors (Lipinski definition) is 3. The van der Waals surface area contributed by atoms with Crippen LogP contribution in [0, 0.1) is 5.92 Å². The van der Waals surface area contributed by atoms with Crippen molar-refractivity contribution >= 4 is 16.8 Å². The van der Waals surface area contributed by atoms with E-state index >= 15 is 0 Å². The fourth-order valence-corrected chi connectivity index (χ4v) is 3.23. The lowest BCUT2D eigenvalue weighted by Gasteiger charge is -2.27. The zero-order valence-corrected chi connectivity index (χ0v) is 12.3. The van der Waals surface area contributed by atoms with E-state index in [1.807, 2.05) is 26.0 Å². The van der Waals surface area contributed by atoms with E-state index in [1.165, 1.54) is 0 Å². The summed E-state index contributed by atoms with van der Waals surface area (Å²) in [6.07, 6.45) is 0.358. The number of benzene rings is 1. The molecule has 2 aromatic rings. The lowest BCUT2D eigenvalue weighted by Crippen LogP contribution is -2.41. The molecule has 2 heterocycles. The van der Waals surface area contributed by atoms with Gasteiger partial charge in [0, 0.05) is 18.9 Å². The normalized spacial score (nSPS) is 20.9. The van der Waals surface area contributed by atoms with Crippen LogP contribution in [-0.2, 0) is 12.8 Å². The van der Waals surface area contributed by atoms with Crippen LogP contribution in [-0.4, -0.2) is 15.6 Å². The maximum atomic E-state index is 12.6. The number of aromatic nitrogens is 1. The van der Waals surface area contributed by atoms with Crippen LogP contribution in [0.4, 0.5) is 0 Å². The molecule has 0 bridgehead atoms. The van der Waals surface area contributed by atoms with Crippen molar-refractivity contribution in [2.75, 3.05) is 0 Å². The Bertz CT molecular complexity index is 807. The summed E-state index contributed by atoms with van der Waals surface area (Å²) in [6.45, 7) is 3.92. The highest BCUT2D eigenvalue weighted by molar-refractivity contribution is 6.02. The van der Waals surface area contributed by atoms with Crippen molar-refractivity contribution < 1.29 is 9.90 Å². The van der Waals surface area contributed by atoms with Gasteiger partial charge < -0.3 is 15.0 Å². The quantitative estimate of drug-likeness (QED) is 0.878. The van der Waals surface area contributed by atoms with E-state index in [1.54, 1.807) is 23.7 Å². The fraction of sp³-hybridized carbons (Fsp3) is 0.375. The minimum absolute atomic E-state index is 0.0550. The van der Waals surface area contributed by atoms with E-state index in [9.17, 15) is 14.7 Å². The van der Waals surface area contributed by atoms with Crippen molar-refractivity contribution in [3.8, 4) is 0 Å². The Balaban J connectivity index is 2.41. The predicted molar refractivity (Wildman–Crippen MR) is 80.0 cm³/mol. The molecule has 2 N–H and O–H groups in total. The number of aryl methyl sites for hydroxylation is 1. The molecule has 1 aromatic heterocycles. The molecular formula is C16H18N2O3. The SMILES string of the molecule is CC(C)CC1(O)NC(=O)c2c1n(C)c1ccccc1c2=O. The molecule has 5 nitrogen and oxygen atoms in total. The number of para-hydroxylation sites is 1. The van der Waals surface area contributed by atoms with Gasteiger partial charge in [-0.25, -0.2) is 0 Å². The van der Waals surface area contributed by atoms with Crippen LogP contribution < -0.4 is 10.7 Å². The first kappa shape index (κ1) is 13.8. The molecule has 0 spiro atoms. The molecule has 1 aromatic carbocycles. The van der Waals surface area contributed by atoms with Crippen LogP contribution in [0.2, 0.25) is 0 Å². The van der Waals surface area contributed by atoms with Crippen LogP contribution in [0.3, 0.4) is 0 Å². The van der Waals surface area contributed by atoms with Gasteiger partial charge in [0.1, 0.15) is 5.56 Å². The highest BCUT2D eigenvalue weighted by Gasteiger charge is 2.45. The van der Waals surface area contributed by atoms with Gasteiger partial charge in [-0.2, -0.15) is 0 Å². The lowest BCUT2D eigenvalue weighted by atomic mass is 9.96. The molecule has 3 rings (SSSR count). The van der Waals surface area contributed by atoms with Gasteiger partial charge in [0.05, 0.1) is 11.2 Å². The van der Waals surface area contributed by atoms with Crippen LogP contribution in [0.15, 0.2) is 29.1 Å². The second-order valence-corrected chi connectivity index (χ2v) is 6.04. The number of hydrogen-bond donors (Lipinski definition) is 2. The van der Waals surface area contributed by atoms with Crippen LogP contribution in [0.1, 0.15) is 36.3 Å². The molecule has 0 saturated carbocycles. The number of carbonyl (C=O) groups excluding carboxylic acids is 1. The summed E-state index contributed by atoms with van der Waals surface area (Å²) in [5.74, 6) is -0.331. The standard InChI is InChI=1S/C16H18N2O3/c1-9(2)8-16(21)14-12(15(20)17-16)13(19)10-6-4-5-7-11(10)18(14)3/h4-7,9,21H,8H2,1-3H3,(H,17,20).